The first-order chi connectivity index (χ1) is 13.2. The number of aromatic nitrogens is 1. The van der Waals surface area contributed by atoms with Crippen LogP contribution in [-0.2, 0) is 15.0 Å². The number of carbonyl (C=O) groups excluding carboxylic acids is 2. The molecule has 5 atom stereocenters. The average Bonchev–Trinajstić information content (AvgIpc) is 2.63. The van der Waals surface area contributed by atoms with Gasteiger partial charge in [-0.15, -0.1) is 0 Å². The molecule has 4 bridgehead atoms. The van der Waals surface area contributed by atoms with Crippen LogP contribution in [0.5, 0.6) is 0 Å². The van der Waals surface area contributed by atoms with Crippen molar-refractivity contribution >= 4 is 11.8 Å². The molecule has 2 amide bonds. The molecule has 0 saturated heterocycles. The van der Waals surface area contributed by atoms with Crippen molar-refractivity contribution in [2.45, 2.75) is 63.8 Å². The summed E-state index contributed by atoms with van der Waals surface area (Å²) in [4.78, 5) is 29.1. The second-order valence-electron chi connectivity index (χ2n) is 9.78. The van der Waals surface area contributed by atoms with E-state index < -0.39 is 5.41 Å². The van der Waals surface area contributed by atoms with Crippen LogP contribution in [0.25, 0.3) is 0 Å². The van der Waals surface area contributed by atoms with E-state index in [-0.39, 0.29) is 23.3 Å². The van der Waals surface area contributed by atoms with Gasteiger partial charge in [-0.1, -0.05) is 0 Å². The number of carbonyl (C=O) groups is 2. The normalized spacial score (nSPS) is 33.3. The zero-order valence-corrected chi connectivity index (χ0v) is 16.6. The maximum absolute atomic E-state index is 13.2. The summed E-state index contributed by atoms with van der Waals surface area (Å²) in [7, 11) is 0. The van der Waals surface area contributed by atoms with Crippen molar-refractivity contribution in [3.05, 3.63) is 29.6 Å². The van der Waals surface area contributed by atoms with Crippen LogP contribution in [0.4, 0.5) is 0 Å². The highest BCUT2D eigenvalue weighted by Crippen LogP contribution is 2.61. The van der Waals surface area contributed by atoms with E-state index in [0.29, 0.717) is 35.4 Å². The Balaban J connectivity index is 1.49. The fraction of sp³-hybridized carbons (Fsp3) is 0.636. The van der Waals surface area contributed by atoms with Gasteiger partial charge in [0, 0.05) is 18.7 Å². The lowest BCUT2D eigenvalue weighted by atomic mass is 9.47. The maximum atomic E-state index is 13.2. The molecule has 1 heterocycles. The third-order valence-corrected chi connectivity index (χ3v) is 7.35. The Morgan fingerprint density at radius 3 is 2.50 bits per heavy atom. The molecule has 4 aliphatic rings. The SMILES string of the molecule is CC(C)(C(=O)NC1C2CC3C[C@H]1CC(CC(N)=O)(C3)C2)c1ccc(C#N)cn1. The number of hydrogen-bond acceptors (Lipinski definition) is 4. The van der Waals surface area contributed by atoms with Crippen LogP contribution >= 0.6 is 0 Å². The molecule has 0 spiro atoms. The molecule has 148 valence electrons. The molecule has 4 unspecified atom stereocenters. The summed E-state index contributed by atoms with van der Waals surface area (Å²) in [5.74, 6) is 1.30. The highest BCUT2D eigenvalue weighted by molar-refractivity contribution is 5.87. The third-order valence-electron chi connectivity index (χ3n) is 7.35. The van der Waals surface area contributed by atoms with E-state index in [4.69, 9.17) is 11.0 Å². The van der Waals surface area contributed by atoms with Crippen LogP contribution in [0.2, 0.25) is 0 Å². The molecule has 4 aliphatic carbocycles. The fourth-order valence-corrected chi connectivity index (χ4v) is 6.29. The lowest BCUT2D eigenvalue weighted by molar-refractivity contribution is -0.137. The van der Waals surface area contributed by atoms with Crippen LogP contribution in [0, 0.1) is 34.5 Å². The summed E-state index contributed by atoms with van der Waals surface area (Å²) in [5, 5.41) is 12.3. The monoisotopic (exact) mass is 380 g/mol. The van der Waals surface area contributed by atoms with Gasteiger partial charge < -0.3 is 11.1 Å². The van der Waals surface area contributed by atoms with Crippen molar-refractivity contribution in [1.82, 2.24) is 10.3 Å². The Kier molecular flexibility index (Phi) is 4.45. The Morgan fingerprint density at radius 2 is 1.96 bits per heavy atom. The van der Waals surface area contributed by atoms with Gasteiger partial charge in [-0.05, 0) is 81.3 Å². The van der Waals surface area contributed by atoms with Gasteiger partial charge in [0.25, 0.3) is 0 Å². The van der Waals surface area contributed by atoms with Gasteiger partial charge in [-0.3, -0.25) is 14.6 Å². The third kappa shape index (κ3) is 3.17. The number of nitrogens with one attached hydrogen (secondary N) is 1. The van der Waals surface area contributed by atoms with E-state index in [1.165, 1.54) is 6.20 Å². The minimum atomic E-state index is -0.770. The lowest BCUT2D eigenvalue weighted by Gasteiger charge is -2.60. The first kappa shape index (κ1) is 18.9. The highest BCUT2D eigenvalue weighted by Gasteiger charge is 2.56. The Hall–Kier alpha value is -2.42. The summed E-state index contributed by atoms with van der Waals surface area (Å²) in [6.07, 6.45) is 7.37. The van der Waals surface area contributed by atoms with Crippen molar-refractivity contribution < 1.29 is 9.59 Å². The summed E-state index contributed by atoms with van der Waals surface area (Å²) in [6, 6.07) is 5.69. The van der Waals surface area contributed by atoms with Crippen molar-refractivity contribution in [3.63, 3.8) is 0 Å². The number of nitrogens with two attached hydrogens (primary N) is 1. The van der Waals surface area contributed by atoms with Gasteiger partial charge in [-0.25, -0.2) is 0 Å². The second-order valence-corrected chi connectivity index (χ2v) is 9.78. The van der Waals surface area contributed by atoms with Gasteiger partial charge in [0.2, 0.25) is 11.8 Å². The van der Waals surface area contributed by atoms with E-state index in [1.807, 2.05) is 13.8 Å². The minimum absolute atomic E-state index is 0.0221. The van der Waals surface area contributed by atoms with E-state index in [2.05, 4.69) is 16.4 Å². The molecule has 0 aromatic carbocycles. The van der Waals surface area contributed by atoms with Gasteiger partial charge in [0.05, 0.1) is 16.7 Å². The van der Waals surface area contributed by atoms with Gasteiger partial charge in [0.1, 0.15) is 6.07 Å². The summed E-state index contributed by atoms with van der Waals surface area (Å²) < 4.78 is 0. The Morgan fingerprint density at radius 1 is 1.29 bits per heavy atom. The van der Waals surface area contributed by atoms with Crippen LogP contribution in [0.3, 0.4) is 0 Å². The van der Waals surface area contributed by atoms with E-state index in [0.717, 1.165) is 32.1 Å². The number of primary amides is 1. The zero-order valence-electron chi connectivity index (χ0n) is 16.6. The van der Waals surface area contributed by atoms with E-state index in [9.17, 15) is 9.59 Å². The van der Waals surface area contributed by atoms with E-state index in [1.54, 1.807) is 12.1 Å². The molecule has 1 aromatic heterocycles. The minimum Gasteiger partial charge on any atom is -0.370 e. The molecule has 1 aromatic rings. The molecular formula is C22H28N4O2. The van der Waals surface area contributed by atoms with E-state index >= 15 is 0 Å². The predicted molar refractivity (Wildman–Crippen MR) is 104 cm³/mol. The molecule has 5 rings (SSSR count). The zero-order chi connectivity index (χ0) is 20.1. The quantitative estimate of drug-likeness (QED) is 0.817. The molecule has 28 heavy (non-hydrogen) atoms. The average molecular weight is 380 g/mol. The summed E-state index contributed by atoms with van der Waals surface area (Å²) >= 11 is 0. The first-order valence-electron chi connectivity index (χ1n) is 10.2. The number of hydrogen-bond donors (Lipinski definition) is 2. The molecule has 6 heteroatoms. The van der Waals surface area contributed by atoms with Crippen molar-refractivity contribution in [2.24, 2.45) is 28.9 Å². The van der Waals surface area contributed by atoms with Crippen LogP contribution in [0.1, 0.15) is 63.6 Å². The van der Waals surface area contributed by atoms with Crippen molar-refractivity contribution in [2.75, 3.05) is 0 Å². The Labute approximate surface area is 165 Å². The molecular weight excluding hydrogens is 352 g/mol. The number of rotatable bonds is 5. The smallest absolute Gasteiger partial charge is 0.231 e. The predicted octanol–water partition coefficient (Wildman–Crippen LogP) is 2.42. The summed E-state index contributed by atoms with van der Waals surface area (Å²) in [6.45, 7) is 3.75. The van der Waals surface area contributed by atoms with Gasteiger partial charge in [0.15, 0.2) is 0 Å². The molecule has 6 nitrogen and oxygen atoms in total. The summed E-state index contributed by atoms with van der Waals surface area (Å²) in [5.41, 5.74) is 5.98. The van der Waals surface area contributed by atoms with Crippen molar-refractivity contribution in [3.8, 4) is 6.07 Å². The highest BCUT2D eigenvalue weighted by atomic mass is 16.2. The van der Waals surface area contributed by atoms with Crippen LogP contribution in [-0.4, -0.2) is 22.8 Å². The number of nitriles is 1. The molecule has 3 N–H and O–H groups in total. The second kappa shape index (κ2) is 6.58. The standard InChI is InChI=1S/C22H28N4O2/c1-21(2,17-4-3-13(11-23)12-25-17)20(28)26-19-15-5-14-6-16(19)9-22(7-14,8-15)10-18(24)27/h3-4,12,14-16,19H,5-10H2,1-2H3,(H2,24,27)(H,26,28)/t14?,15-,16?,19?,22?/m0/s1. The lowest BCUT2D eigenvalue weighted by Crippen LogP contribution is -2.61. The first-order valence-corrected chi connectivity index (χ1v) is 10.2. The Bertz CT molecular complexity index is 823. The van der Waals surface area contributed by atoms with Crippen LogP contribution < -0.4 is 11.1 Å². The molecule has 4 saturated carbocycles. The van der Waals surface area contributed by atoms with Crippen molar-refractivity contribution in [1.29, 1.82) is 5.26 Å². The molecule has 0 radical (unpaired) electrons. The topological polar surface area (TPSA) is 109 Å². The van der Waals surface area contributed by atoms with Gasteiger partial charge >= 0.3 is 0 Å². The number of amides is 2. The number of nitrogens with zero attached hydrogens (tertiary/aromatic N) is 2. The maximum Gasteiger partial charge on any atom is 0.231 e. The largest absolute Gasteiger partial charge is 0.370 e. The molecule has 4 fully saturated rings. The fourth-order valence-electron chi connectivity index (χ4n) is 6.29. The molecule has 0 aliphatic heterocycles. The van der Waals surface area contributed by atoms with Crippen LogP contribution in [0.15, 0.2) is 18.3 Å². The van der Waals surface area contributed by atoms with Gasteiger partial charge in [-0.2, -0.15) is 5.26 Å². The number of pyridine rings is 1.